The van der Waals surface area contributed by atoms with E-state index in [0.717, 1.165) is 5.84 Å². The predicted molar refractivity (Wildman–Crippen MR) is 46.6 cm³/mol. The van der Waals surface area contributed by atoms with Crippen LogP contribution in [0.2, 0.25) is 0 Å². The summed E-state index contributed by atoms with van der Waals surface area (Å²) >= 11 is 0. The molecule has 0 amide bonds. The zero-order valence-corrected chi connectivity index (χ0v) is 7.20. The molecule has 1 atom stereocenters. The number of hydrazine groups is 1. The van der Waals surface area contributed by atoms with Crippen molar-refractivity contribution in [2.24, 2.45) is 9.98 Å². The van der Waals surface area contributed by atoms with Crippen LogP contribution in [0.25, 0.3) is 0 Å². The molecule has 0 spiro atoms. The molecule has 1 unspecified atom stereocenters. The van der Waals surface area contributed by atoms with Gasteiger partial charge >= 0.3 is 0 Å². The van der Waals surface area contributed by atoms with E-state index in [1.807, 2.05) is 25.8 Å². The van der Waals surface area contributed by atoms with E-state index in [9.17, 15) is 0 Å². The molecule has 62 valence electrons. The summed E-state index contributed by atoms with van der Waals surface area (Å²) in [7, 11) is 0. The van der Waals surface area contributed by atoms with E-state index in [4.69, 9.17) is 0 Å². The van der Waals surface area contributed by atoms with Crippen LogP contribution in [-0.2, 0) is 0 Å². The molecule has 1 rings (SSSR count). The van der Waals surface area contributed by atoms with Gasteiger partial charge in [0.05, 0.1) is 0 Å². The lowest BCUT2D eigenvalue weighted by molar-refractivity contribution is 0.209. The van der Waals surface area contributed by atoms with Gasteiger partial charge in [0.2, 0.25) is 0 Å². The summed E-state index contributed by atoms with van der Waals surface area (Å²) in [6, 6.07) is 0. The predicted octanol–water partition coefficient (Wildman–Crippen LogP) is 0.619. The van der Waals surface area contributed by atoms with Gasteiger partial charge in [0, 0.05) is 0 Å². The summed E-state index contributed by atoms with van der Waals surface area (Å²) in [6.45, 7) is 6.56. The Kier molecular flexibility index (Phi) is 2.59. The van der Waals surface area contributed by atoms with E-state index in [0.29, 0.717) is 6.67 Å². The van der Waals surface area contributed by atoms with Gasteiger partial charge < -0.3 is 5.43 Å². The third-order valence-corrected chi connectivity index (χ3v) is 1.55. The molecule has 4 nitrogen and oxygen atoms in total. The van der Waals surface area contributed by atoms with E-state index < -0.39 is 0 Å². The highest BCUT2D eigenvalue weighted by Crippen LogP contribution is 2.03. The van der Waals surface area contributed by atoms with Crippen LogP contribution in [0.15, 0.2) is 9.98 Å². The highest BCUT2D eigenvalue weighted by Gasteiger charge is 2.17. The van der Waals surface area contributed by atoms with Crippen LogP contribution in [0.5, 0.6) is 0 Å². The van der Waals surface area contributed by atoms with E-state index in [1.54, 1.807) is 6.21 Å². The lowest BCUT2D eigenvalue weighted by Gasteiger charge is -2.16. The van der Waals surface area contributed by atoms with Gasteiger partial charge in [0.1, 0.15) is 18.7 Å². The molecule has 4 heteroatoms. The summed E-state index contributed by atoms with van der Waals surface area (Å²) in [5, 5.41) is 1.98. The second kappa shape index (κ2) is 3.48. The Balaban J connectivity index is 2.40. The Bertz CT molecular complexity index is 185. The number of nitrogens with zero attached hydrogens (tertiary/aromatic N) is 3. The lowest BCUT2D eigenvalue weighted by Crippen LogP contribution is -2.39. The zero-order valence-electron chi connectivity index (χ0n) is 7.20. The molecule has 0 aliphatic carbocycles. The van der Waals surface area contributed by atoms with Gasteiger partial charge in [-0.15, -0.1) is 0 Å². The number of hydrogen-bond donors (Lipinski definition) is 1. The lowest BCUT2D eigenvalue weighted by atomic mass is 10.6. The zero-order chi connectivity index (χ0) is 8.27. The largest absolute Gasteiger partial charge is 0.303 e. The number of amidine groups is 1. The van der Waals surface area contributed by atoms with Crippen LogP contribution in [0.3, 0.4) is 0 Å². The summed E-state index contributed by atoms with van der Waals surface area (Å²) in [4.78, 5) is 8.38. The fraction of sp³-hybridized carbons (Fsp3) is 0.714. The maximum Gasteiger partial charge on any atom is 0.120 e. The monoisotopic (exact) mass is 154 g/mol. The minimum absolute atomic E-state index is 0.207. The molecular weight excluding hydrogens is 140 g/mol. The summed E-state index contributed by atoms with van der Waals surface area (Å²) in [5.74, 6) is 0.962. The van der Waals surface area contributed by atoms with Gasteiger partial charge in [-0.05, 0) is 27.0 Å². The first-order chi connectivity index (χ1) is 5.24. The minimum atomic E-state index is 0.207. The molecule has 0 saturated heterocycles. The minimum Gasteiger partial charge on any atom is -0.303 e. The van der Waals surface area contributed by atoms with E-state index >= 15 is 0 Å². The average molecular weight is 154 g/mol. The topological polar surface area (TPSA) is 40.0 Å². The third kappa shape index (κ3) is 2.01. The molecular formula is C7H14N4. The third-order valence-electron chi connectivity index (χ3n) is 1.55. The van der Waals surface area contributed by atoms with Crippen molar-refractivity contribution in [3.8, 4) is 0 Å². The van der Waals surface area contributed by atoms with E-state index in [2.05, 4.69) is 15.4 Å². The maximum absolute atomic E-state index is 4.28. The second-order valence-corrected chi connectivity index (χ2v) is 2.51. The highest BCUT2D eigenvalue weighted by atomic mass is 15.6. The van der Waals surface area contributed by atoms with Crippen molar-refractivity contribution in [2.45, 2.75) is 26.9 Å². The van der Waals surface area contributed by atoms with Gasteiger partial charge in [-0.1, -0.05) is 0 Å². The van der Waals surface area contributed by atoms with Gasteiger partial charge in [-0.2, -0.15) is 5.01 Å². The van der Waals surface area contributed by atoms with Gasteiger partial charge in [-0.3, -0.25) is 9.98 Å². The Morgan fingerprint density at radius 2 is 2.55 bits per heavy atom. The van der Waals surface area contributed by atoms with Crippen molar-refractivity contribution in [2.75, 3.05) is 6.67 Å². The second-order valence-electron chi connectivity index (χ2n) is 2.51. The molecule has 0 bridgehead atoms. The first kappa shape index (κ1) is 8.20. The van der Waals surface area contributed by atoms with Crippen LogP contribution in [0.4, 0.5) is 0 Å². The van der Waals surface area contributed by atoms with E-state index in [1.165, 1.54) is 0 Å². The average Bonchev–Trinajstić information content (AvgIpc) is 2.26. The normalized spacial score (nSPS) is 25.7. The molecule has 1 heterocycles. The number of nitrogens with one attached hydrogen (secondary N) is 1. The molecule has 1 aliphatic heterocycles. The molecule has 0 radical (unpaired) electrons. The molecule has 0 fully saturated rings. The van der Waals surface area contributed by atoms with Gasteiger partial charge in [-0.25, -0.2) is 0 Å². The van der Waals surface area contributed by atoms with Crippen molar-refractivity contribution >= 4 is 12.1 Å². The van der Waals surface area contributed by atoms with Crippen LogP contribution >= 0.6 is 0 Å². The molecule has 1 aliphatic rings. The number of hydrogen-bond acceptors (Lipinski definition) is 4. The molecule has 0 saturated carbocycles. The number of aliphatic imine (C=N–C) groups is 2. The Morgan fingerprint density at radius 1 is 1.82 bits per heavy atom. The summed E-state index contributed by atoms with van der Waals surface area (Å²) in [5.41, 5.74) is 3.11. The molecule has 0 aromatic rings. The van der Waals surface area contributed by atoms with E-state index in [-0.39, 0.29) is 6.17 Å². The standard InChI is InChI=1S/C7H14N4/c1-4-8-5-11-7(3)9-6(2)10-11/h4,7H,5H2,1-3H3,(H,9,10). The van der Waals surface area contributed by atoms with Crippen LogP contribution in [0.1, 0.15) is 20.8 Å². The van der Waals surface area contributed by atoms with Gasteiger partial charge in [0.25, 0.3) is 0 Å². The molecule has 1 N–H and O–H groups in total. The fourth-order valence-corrected chi connectivity index (χ4v) is 1.00. The SMILES string of the molecule is CC=NCN1NC(C)=NC1C. The maximum atomic E-state index is 4.28. The van der Waals surface area contributed by atoms with Crippen LogP contribution in [-0.4, -0.2) is 29.9 Å². The first-order valence-corrected chi connectivity index (χ1v) is 3.76. The quantitative estimate of drug-likeness (QED) is 0.592. The van der Waals surface area contributed by atoms with Crippen molar-refractivity contribution in [3.63, 3.8) is 0 Å². The van der Waals surface area contributed by atoms with Gasteiger partial charge in [0.15, 0.2) is 0 Å². The van der Waals surface area contributed by atoms with Crippen LogP contribution in [0, 0.1) is 0 Å². The smallest absolute Gasteiger partial charge is 0.120 e. The van der Waals surface area contributed by atoms with Crippen molar-refractivity contribution in [1.29, 1.82) is 0 Å². The first-order valence-electron chi connectivity index (χ1n) is 3.76. The number of rotatable bonds is 2. The van der Waals surface area contributed by atoms with Crippen molar-refractivity contribution < 1.29 is 0 Å². The molecule has 11 heavy (non-hydrogen) atoms. The Hall–Kier alpha value is -0.900. The molecule has 0 aromatic heterocycles. The fourth-order valence-electron chi connectivity index (χ4n) is 1.00. The molecule has 0 aromatic carbocycles. The van der Waals surface area contributed by atoms with Crippen molar-refractivity contribution in [1.82, 2.24) is 10.4 Å². The summed E-state index contributed by atoms with van der Waals surface area (Å²) < 4.78 is 0. The van der Waals surface area contributed by atoms with Crippen molar-refractivity contribution in [3.05, 3.63) is 0 Å². The Morgan fingerprint density at radius 3 is 3.00 bits per heavy atom. The highest BCUT2D eigenvalue weighted by molar-refractivity contribution is 5.80. The Labute approximate surface area is 67.0 Å². The summed E-state index contributed by atoms with van der Waals surface area (Å²) in [6.07, 6.45) is 2.00. The van der Waals surface area contributed by atoms with Crippen LogP contribution < -0.4 is 5.43 Å².